The van der Waals surface area contributed by atoms with Crippen molar-refractivity contribution in [2.24, 2.45) is 0 Å². The van der Waals surface area contributed by atoms with Crippen molar-refractivity contribution in [3.05, 3.63) is 23.8 Å². The van der Waals surface area contributed by atoms with E-state index < -0.39 is 0 Å². The third-order valence-corrected chi connectivity index (χ3v) is 3.16. The largest absolute Gasteiger partial charge is 0.384 e. The summed E-state index contributed by atoms with van der Waals surface area (Å²) < 4.78 is 5.37. The van der Waals surface area contributed by atoms with Crippen LogP contribution in [-0.4, -0.2) is 25.8 Å². The van der Waals surface area contributed by atoms with Gasteiger partial charge in [0.25, 0.3) is 0 Å². The Labute approximate surface area is 89.8 Å². The molecule has 2 aliphatic rings. The Hall–Kier alpha value is -1.22. The van der Waals surface area contributed by atoms with Gasteiger partial charge in [0.05, 0.1) is 12.6 Å². The van der Waals surface area contributed by atoms with Crippen LogP contribution < -0.4 is 10.6 Å². The Kier molecular flexibility index (Phi) is 2.25. The number of rotatable bonds is 2. The van der Waals surface area contributed by atoms with Crippen LogP contribution in [0.1, 0.15) is 12.0 Å². The molecule has 15 heavy (non-hydrogen) atoms. The van der Waals surface area contributed by atoms with Crippen LogP contribution in [0, 0.1) is 0 Å². The summed E-state index contributed by atoms with van der Waals surface area (Å²) in [6, 6.07) is 6.93. The molecule has 0 spiro atoms. The summed E-state index contributed by atoms with van der Waals surface area (Å²) in [4.78, 5) is 0. The number of anilines is 2. The maximum atomic E-state index is 5.37. The lowest BCUT2D eigenvalue weighted by molar-refractivity contribution is 0.195. The molecule has 0 saturated carbocycles. The summed E-state index contributed by atoms with van der Waals surface area (Å²) in [7, 11) is 0. The fourth-order valence-corrected chi connectivity index (χ4v) is 2.35. The zero-order valence-corrected chi connectivity index (χ0v) is 8.75. The Morgan fingerprint density at radius 1 is 1.40 bits per heavy atom. The molecule has 2 heterocycles. The molecule has 3 nitrogen and oxygen atoms in total. The van der Waals surface area contributed by atoms with Gasteiger partial charge in [-0.1, -0.05) is 6.07 Å². The molecular weight excluding hydrogens is 188 g/mol. The van der Waals surface area contributed by atoms with Gasteiger partial charge >= 0.3 is 0 Å². The summed E-state index contributed by atoms with van der Waals surface area (Å²) in [6.45, 7) is 2.80. The summed E-state index contributed by atoms with van der Waals surface area (Å²) in [6.07, 6.45) is 2.25. The highest BCUT2D eigenvalue weighted by atomic mass is 16.5. The van der Waals surface area contributed by atoms with E-state index in [0.29, 0.717) is 6.04 Å². The van der Waals surface area contributed by atoms with Crippen LogP contribution >= 0.6 is 0 Å². The second-order valence-corrected chi connectivity index (χ2v) is 4.21. The Balaban J connectivity index is 1.82. The molecule has 2 aliphatic heterocycles. The third-order valence-electron chi connectivity index (χ3n) is 3.16. The van der Waals surface area contributed by atoms with Gasteiger partial charge in [-0.2, -0.15) is 0 Å². The van der Waals surface area contributed by atoms with Gasteiger partial charge in [-0.25, -0.2) is 0 Å². The molecule has 0 amide bonds. The quantitative estimate of drug-likeness (QED) is 0.771. The SMILES string of the molecule is c1cc2c(c(NC3CCOC3)c1)CCN2. The van der Waals surface area contributed by atoms with Crippen LogP contribution in [0.4, 0.5) is 11.4 Å². The third kappa shape index (κ3) is 1.67. The minimum absolute atomic E-state index is 0.497. The van der Waals surface area contributed by atoms with Gasteiger partial charge in [0.15, 0.2) is 0 Å². The monoisotopic (exact) mass is 204 g/mol. The van der Waals surface area contributed by atoms with E-state index in [2.05, 4.69) is 28.8 Å². The highest BCUT2D eigenvalue weighted by Crippen LogP contribution is 2.30. The number of fused-ring (bicyclic) bond motifs is 1. The van der Waals surface area contributed by atoms with Crippen molar-refractivity contribution in [1.29, 1.82) is 0 Å². The Morgan fingerprint density at radius 3 is 3.27 bits per heavy atom. The van der Waals surface area contributed by atoms with Crippen molar-refractivity contribution in [2.45, 2.75) is 18.9 Å². The molecule has 3 rings (SSSR count). The average molecular weight is 204 g/mol. The molecular formula is C12H16N2O. The van der Waals surface area contributed by atoms with Gasteiger partial charge in [0.1, 0.15) is 0 Å². The van der Waals surface area contributed by atoms with Crippen LogP contribution in [0.3, 0.4) is 0 Å². The predicted molar refractivity (Wildman–Crippen MR) is 61.5 cm³/mol. The lowest BCUT2D eigenvalue weighted by Crippen LogP contribution is -2.19. The first-order chi connectivity index (χ1) is 7.43. The molecule has 0 radical (unpaired) electrons. The molecule has 3 heteroatoms. The number of hydrogen-bond donors (Lipinski definition) is 2. The molecule has 1 fully saturated rings. The van der Waals surface area contributed by atoms with Gasteiger partial charge in [-0.3, -0.25) is 0 Å². The van der Waals surface area contributed by atoms with E-state index in [0.717, 1.165) is 32.6 Å². The van der Waals surface area contributed by atoms with Crippen molar-refractivity contribution < 1.29 is 4.74 Å². The minimum Gasteiger partial charge on any atom is -0.384 e. The predicted octanol–water partition coefficient (Wildman–Crippen LogP) is 1.86. The highest BCUT2D eigenvalue weighted by Gasteiger charge is 2.19. The molecule has 1 aromatic carbocycles. The molecule has 1 aromatic rings. The van der Waals surface area contributed by atoms with E-state index in [4.69, 9.17) is 4.74 Å². The van der Waals surface area contributed by atoms with Crippen molar-refractivity contribution >= 4 is 11.4 Å². The van der Waals surface area contributed by atoms with Gasteiger partial charge < -0.3 is 15.4 Å². The maximum absolute atomic E-state index is 5.37. The van der Waals surface area contributed by atoms with E-state index in [1.165, 1.54) is 16.9 Å². The van der Waals surface area contributed by atoms with Gasteiger partial charge in [0, 0.05) is 30.1 Å². The number of ether oxygens (including phenoxy) is 1. The highest BCUT2D eigenvalue weighted by molar-refractivity contribution is 5.68. The lowest BCUT2D eigenvalue weighted by atomic mass is 10.1. The summed E-state index contributed by atoms with van der Waals surface area (Å²) in [5.74, 6) is 0. The van der Waals surface area contributed by atoms with Crippen molar-refractivity contribution in [3.63, 3.8) is 0 Å². The number of benzene rings is 1. The summed E-state index contributed by atoms with van der Waals surface area (Å²) >= 11 is 0. The zero-order chi connectivity index (χ0) is 10.1. The second kappa shape index (κ2) is 3.74. The Morgan fingerprint density at radius 2 is 2.40 bits per heavy atom. The first kappa shape index (κ1) is 9.04. The van der Waals surface area contributed by atoms with Crippen molar-refractivity contribution in [2.75, 3.05) is 30.4 Å². The molecule has 1 saturated heterocycles. The van der Waals surface area contributed by atoms with Crippen LogP contribution in [0.5, 0.6) is 0 Å². The van der Waals surface area contributed by atoms with E-state index in [1.54, 1.807) is 0 Å². The molecule has 0 aliphatic carbocycles. The Bertz CT molecular complexity index is 359. The van der Waals surface area contributed by atoms with Crippen LogP contribution in [0.15, 0.2) is 18.2 Å². The molecule has 2 N–H and O–H groups in total. The second-order valence-electron chi connectivity index (χ2n) is 4.21. The normalized spacial score (nSPS) is 23.6. The van der Waals surface area contributed by atoms with Gasteiger partial charge in [-0.05, 0) is 25.0 Å². The maximum Gasteiger partial charge on any atom is 0.0668 e. The molecule has 80 valence electrons. The molecule has 1 unspecified atom stereocenters. The van der Waals surface area contributed by atoms with E-state index in [-0.39, 0.29) is 0 Å². The van der Waals surface area contributed by atoms with Gasteiger partial charge in [0.2, 0.25) is 0 Å². The average Bonchev–Trinajstić information content (AvgIpc) is 2.87. The summed E-state index contributed by atoms with van der Waals surface area (Å²) in [5, 5.41) is 6.97. The van der Waals surface area contributed by atoms with Gasteiger partial charge in [-0.15, -0.1) is 0 Å². The molecule has 1 atom stereocenters. The fraction of sp³-hybridized carbons (Fsp3) is 0.500. The van der Waals surface area contributed by atoms with E-state index in [1.807, 2.05) is 0 Å². The summed E-state index contributed by atoms with van der Waals surface area (Å²) in [5.41, 5.74) is 4.01. The topological polar surface area (TPSA) is 33.3 Å². The van der Waals surface area contributed by atoms with Crippen molar-refractivity contribution in [3.8, 4) is 0 Å². The van der Waals surface area contributed by atoms with E-state index in [9.17, 15) is 0 Å². The standard InChI is InChI=1S/C12H16N2O/c1-2-11-10(4-6-13-11)12(3-1)14-9-5-7-15-8-9/h1-3,9,13-14H,4-8H2. The van der Waals surface area contributed by atoms with Crippen LogP contribution in [0.25, 0.3) is 0 Å². The molecule has 0 aromatic heterocycles. The smallest absolute Gasteiger partial charge is 0.0668 e. The van der Waals surface area contributed by atoms with Crippen molar-refractivity contribution in [1.82, 2.24) is 0 Å². The lowest BCUT2D eigenvalue weighted by Gasteiger charge is -2.15. The molecule has 0 bridgehead atoms. The van der Waals surface area contributed by atoms with Crippen LogP contribution in [0.2, 0.25) is 0 Å². The van der Waals surface area contributed by atoms with Crippen LogP contribution in [-0.2, 0) is 11.2 Å². The zero-order valence-electron chi connectivity index (χ0n) is 8.75. The number of hydrogen-bond acceptors (Lipinski definition) is 3. The number of nitrogens with one attached hydrogen (secondary N) is 2. The first-order valence-electron chi connectivity index (χ1n) is 5.63. The minimum atomic E-state index is 0.497. The van der Waals surface area contributed by atoms with E-state index >= 15 is 0 Å². The fourth-order valence-electron chi connectivity index (χ4n) is 2.35. The first-order valence-corrected chi connectivity index (χ1v) is 5.63.